The highest BCUT2D eigenvalue weighted by Gasteiger charge is 2.42. The van der Waals surface area contributed by atoms with E-state index in [1.165, 1.54) is 64.5 Å². The van der Waals surface area contributed by atoms with Crippen LogP contribution >= 0.6 is 0 Å². The standard InChI is InChI=1S/C18H26N2/c19-17(16-10-4-1-5-11-16)18(12-6-2-7-13-18)20-14-8-3-9-15-20/h1,4-5,10-11,19H,2-3,6-9,12-15H2. The van der Waals surface area contributed by atoms with E-state index in [1.807, 2.05) is 6.07 Å². The fraction of sp³-hybridized carbons (Fsp3) is 0.611. The summed E-state index contributed by atoms with van der Waals surface area (Å²) in [6, 6.07) is 10.4. The monoisotopic (exact) mass is 270 g/mol. The van der Waals surface area contributed by atoms with Crippen LogP contribution in [0, 0.1) is 5.41 Å². The molecule has 1 aliphatic heterocycles. The summed E-state index contributed by atoms with van der Waals surface area (Å²) in [5, 5.41) is 8.87. The van der Waals surface area contributed by atoms with Crippen molar-refractivity contribution in [2.24, 2.45) is 0 Å². The van der Waals surface area contributed by atoms with Crippen molar-refractivity contribution in [2.75, 3.05) is 13.1 Å². The average molecular weight is 270 g/mol. The summed E-state index contributed by atoms with van der Waals surface area (Å²) >= 11 is 0. The van der Waals surface area contributed by atoms with Crippen molar-refractivity contribution < 1.29 is 0 Å². The van der Waals surface area contributed by atoms with Gasteiger partial charge in [0.2, 0.25) is 0 Å². The zero-order valence-electron chi connectivity index (χ0n) is 12.4. The van der Waals surface area contributed by atoms with E-state index >= 15 is 0 Å². The largest absolute Gasteiger partial charge is 0.303 e. The fourth-order valence-corrected chi connectivity index (χ4v) is 4.06. The van der Waals surface area contributed by atoms with Gasteiger partial charge >= 0.3 is 0 Å². The molecule has 1 saturated carbocycles. The van der Waals surface area contributed by atoms with E-state index in [0.29, 0.717) is 0 Å². The van der Waals surface area contributed by atoms with Crippen molar-refractivity contribution in [3.63, 3.8) is 0 Å². The van der Waals surface area contributed by atoms with Gasteiger partial charge in [-0.3, -0.25) is 4.90 Å². The molecule has 1 aromatic carbocycles. The molecule has 0 unspecified atom stereocenters. The average Bonchev–Trinajstić information content (AvgIpc) is 2.56. The molecular weight excluding hydrogens is 244 g/mol. The van der Waals surface area contributed by atoms with E-state index in [-0.39, 0.29) is 5.54 Å². The highest BCUT2D eigenvalue weighted by molar-refractivity contribution is 6.05. The number of piperidine rings is 1. The van der Waals surface area contributed by atoms with Gasteiger partial charge in [0, 0.05) is 0 Å². The summed E-state index contributed by atoms with van der Waals surface area (Å²) in [6.07, 6.45) is 10.3. The second-order valence-electron chi connectivity index (χ2n) is 6.38. The maximum atomic E-state index is 8.87. The number of benzene rings is 1. The van der Waals surface area contributed by atoms with Crippen LogP contribution in [-0.2, 0) is 0 Å². The number of likely N-dealkylation sites (tertiary alicyclic amines) is 1. The van der Waals surface area contributed by atoms with Crippen LogP contribution < -0.4 is 0 Å². The lowest BCUT2D eigenvalue weighted by Gasteiger charge is -2.48. The molecule has 20 heavy (non-hydrogen) atoms. The van der Waals surface area contributed by atoms with Gasteiger partial charge in [0.25, 0.3) is 0 Å². The van der Waals surface area contributed by atoms with Crippen molar-refractivity contribution in [2.45, 2.75) is 56.9 Å². The molecule has 2 nitrogen and oxygen atoms in total. The molecule has 108 valence electrons. The summed E-state index contributed by atoms with van der Waals surface area (Å²) < 4.78 is 0. The van der Waals surface area contributed by atoms with E-state index in [1.54, 1.807) is 0 Å². The van der Waals surface area contributed by atoms with E-state index in [0.717, 1.165) is 11.3 Å². The second kappa shape index (κ2) is 6.09. The Morgan fingerprint density at radius 1 is 0.850 bits per heavy atom. The molecule has 1 aromatic rings. The van der Waals surface area contributed by atoms with E-state index in [2.05, 4.69) is 29.2 Å². The zero-order chi connectivity index (χ0) is 13.8. The number of rotatable bonds is 3. The van der Waals surface area contributed by atoms with Crippen LogP contribution in [0.3, 0.4) is 0 Å². The molecular formula is C18H26N2. The lowest BCUT2D eigenvalue weighted by atomic mass is 9.74. The predicted molar refractivity (Wildman–Crippen MR) is 84.5 cm³/mol. The molecule has 1 saturated heterocycles. The Balaban J connectivity index is 1.90. The third kappa shape index (κ3) is 2.54. The van der Waals surface area contributed by atoms with Crippen LogP contribution in [0.15, 0.2) is 30.3 Å². The van der Waals surface area contributed by atoms with Gasteiger partial charge in [0.05, 0.1) is 11.3 Å². The van der Waals surface area contributed by atoms with E-state index in [9.17, 15) is 0 Å². The first-order valence-corrected chi connectivity index (χ1v) is 8.22. The molecule has 0 atom stereocenters. The number of nitrogens with one attached hydrogen (secondary N) is 1. The number of nitrogens with zero attached hydrogens (tertiary/aromatic N) is 1. The normalized spacial score (nSPS) is 23.4. The molecule has 1 heterocycles. The van der Waals surface area contributed by atoms with Gasteiger partial charge in [-0.25, -0.2) is 0 Å². The summed E-state index contributed by atoms with van der Waals surface area (Å²) in [4.78, 5) is 2.64. The van der Waals surface area contributed by atoms with Crippen LogP contribution in [0.25, 0.3) is 0 Å². The summed E-state index contributed by atoms with van der Waals surface area (Å²) in [7, 11) is 0. The topological polar surface area (TPSA) is 27.1 Å². The lowest BCUT2D eigenvalue weighted by Crippen LogP contribution is -2.57. The Bertz CT molecular complexity index is 440. The predicted octanol–water partition coefficient (Wildman–Crippen LogP) is 4.24. The van der Waals surface area contributed by atoms with Crippen molar-refractivity contribution in [1.82, 2.24) is 4.90 Å². The molecule has 2 heteroatoms. The fourth-order valence-electron chi connectivity index (χ4n) is 4.06. The highest BCUT2D eigenvalue weighted by Crippen LogP contribution is 2.38. The number of hydrogen-bond donors (Lipinski definition) is 1. The molecule has 0 aromatic heterocycles. The first kappa shape index (κ1) is 13.8. The summed E-state index contributed by atoms with van der Waals surface area (Å²) in [5.74, 6) is 0. The SMILES string of the molecule is N=C(c1ccccc1)C1(N2CCCCC2)CCCCC1. The smallest absolute Gasteiger partial charge is 0.0632 e. The van der Waals surface area contributed by atoms with Crippen LogP contribution in [0.2, 0.25) is 0 Å². The minimum absolute atomic E-state index is 0.0278. The Morgan fingerprint density at radius 2 is 1.45 bits per heavy atom. The molecule has 0 amide bonds. The van der Waals surface area contributed by atoms with Crippen LogP contribution in [0.5, 0.6) is 0 Å². The first-order chi connectivity index (χ1) is 9.83. The molecule has 3 rings (SSSR count). The van der Waals surface area contributed by atoms with Gasteiger partial charge in [0.1, 0.15) is 0 Å². The summed E-state index contributed by atoms with van der Waals surface area (Å²) in [6.45, 7) is 2.38. The molecule has 1 aliphatic carbocycles. The van der Waals surface area contributed by atoms with E-state index in [4.69, 9.17) is 5.41 Å². The van der Waals surface area contributed by atoms with Gasteiger partial charge in [0.15, 0.2) is 0 Å². The molecule has 1 N–H and O–H groups in total. The van der Waals surface area contributed by atoms with Crippen molar-refractivity contribution in [3.8, 4) is 0 Å². The summed E-state index contributed by atoms with van der Waals surface area (Å²) in [5.41, 5.74) is 2.03. The van der Waals surface area contributed by atoms with Crippen molar-refractivity contribution in [3.05, 3.63) is 35.9 Å². The molecule has 0 radical (unpaired) electrons. The Kier molecular flexibility index (Phi) is 4.21. The molecule has 2 aliphatic rings. The minimum Gasteiger partial charge on any atom is -0.303 e. The first-order valence-electron chi connectivity index (χ1n) is 8.22. The lowest BCUT2D eigenvalue weighted by molar-refractivity contribution is 0.0867. The number of hydrogen-bond acceptors (Lipinski definition) is 2. The molecule has 0 bridgehead atoms. The highest BCUT2D eigenvalue weighted by atomic mass is 15.2. The quantitative estimate of drug-likeness (QED) is 0.817. The van der Waals surface area contributed by atoms with Gasteiger partial charge in [-0.15, -0.1) is 0 Å². The third-order valence-electron chi connectivity index (χ3n) is 5.17. The van der Waals surface area contributed by atoms with Gasteiger partial charge < -0.3 is 5.41 Å². The van der Waals surface area contributed by atoms with Crippen LogP contribution in [-0.4, -0.2) is 29.2 Å². The van der Waals surface area contributed by atoms with Gasteiger partial charge in [-0.05, 0) is 44.3 Å². The maximum absolute atomic E-state index is 8.87. The molecule has 0 spiro atoms. The maximum Gasteiger partial charge on any atom is 0.0632 e. The second-order valence-corrected chi connectivity index (χ2v) is 6.38. The minimum atomic E-state index is 0.0278. The Morgan fingerprint density at radius 3 is 2.10 bits per heavy atom. The zero-order valence-corrected chi connectivity index (χ0v) is 12.4. The third-order valence-corrected chi connectivity index (χ3v) is 5.17. The molecule has 2 fully saturated rings. The van der Waals surface area contributed by atoms with Gasteiger partial charge in [-0.2, -0.15) is 0 Å². The van der Waals surface area contributed by atoms with Crippen LogP contribution in [0.4, 0.5) is 0 Å². The Labute approximate surface area is 122 Å². The van der Waals surface area contributed by atoms with Crippen molar-refractivity contribution in [1.29, 1.82) is 5.41 Å². The van der Waals surface area contributed by atoms with Gasteiger partial charge in [-0.1, -0.05) is 56.0 Å². The Hall–Kier alpha value is -1.15. The van der Waals surface area contributed by atoms with Crippen molar-refractivity contribution >= 4 is 5.71 Å². The van der Waals surface area contributed by atoms with E-state index < -0.39 is 0 Å². The van der Waals surface area contributed by atoms with Crippen LogP contribution in [0.1, 0.15) is 56.9 Å².